The number of carbonyl (C=O) groups is 1. The van der Waals surface area contributed by atoms with Crippen molar-refractivity contribution in [3.63, 3.8) is 0 Å². The first-order chi connectivity index (χ1) is 8.69. The van der Waals surface area contributed by atoms with Crippen molar-refractivity contribution in [2.75, 3.05) is 12.0 Å². The van der Waals surface area contributed by atoms with Crippen molar-refractivity contribution in [1.29, 1.82) is 0 Å². The van der Waals surface area contributed by atoms with E-state index >= 15 is 0 Å². The molecule has 3 nitrogen and oxygen atoms in total. The standard InChI is InChI=1S/C14H22N2OS/c1-4-12(2)16(14(17)7-10-18-3)11-13-5-8-15-9-6-13/h5-6,8-9,12H,4,7,10-11H2,1-3H3/t12-/m0/s1. The Morgan fingerprint density at radius 3 is 2.67 bits per heavy atom. The van der Waals surface area contributed by atoms with Crippen molar-refractivity contribution in [3.05, 3.63) is 30.1 Å². The van der Waals surface area contributed by atoms with Crippen LogP contribution in [0.2, 0.25) is 0 Å². The highest BCUT2D eigenvalue weighted by Crippen LogP contribution is 2.12. The number of rotatable bonds is 7. The van der Waals surface area contributed by atoms with Crippen LogP contribution >= 0.6 is 11.8 Å². The molecule has 1 atom stereocenters. The number of amides is 1. The van der Waals surface area contributed by atoms with E-state index in [1.54, 1.807) is 24.2 Å². The van der Waals surface area contributed by atoms with Gasteiger partial charge in [-0.1, -0.05) is 6.92 Å². The third-order valence-corrected chi connectivity index (χ3v) is 3.68. The Hall–Kier alpha value is -1.03. The summed E-state index contributed by atoms with van der Waals surface area (Å²) in [5, 5.41) is 0. The Morgan fingerprint density at radius 2 is 2.11 bits per heavy atom. The molecule has 0 radical (unpaired) electrons. The normalized spacial score (nSPS) is 12.2. The fourth-order valence-electron chi connectivity index (χ4n) is 1.73. The minimum atomic E-state index is 0.246. The summed E-state index contributed by atoms with van der Waals surface area (Å²) in [4.78, 5) is 18.2. The topological polar surface area (TPSA) is 33.2 Å². The highest BCUT2D eigenvalue weighted by Gasteiger charge is 2.18. The first-order valence-corrected chi connectivity index (χ1v) is 7.75. The maximum Gasteiger partial charge on any atom is 0.223 e. The molecule has 0 bridgehead atoms. The number of thioether (sulfide) groups is 1. The van der Waals surface area contributed by atoms with Gasteiger partial charge in [0.15, 0.2) is 0 Å². The van der Waals surface area contributed by atoms with Crippen LogP contribution < -0.4 is 0 Å². The molecule has 1 rings (SSSR count). The summed E-state index contributed by atoms with van der Waals surface area (Å²) in [6.07, 6.45) is 7.18. The van der Waals surface area contributed by atoms with Crippen molar-refractivity contribution >= 4 is 17.7 Å². The molecule has 0 spiro atoms. The molecule has 0 aromatic carbocycles. The van der Waals surface area contributed by atoms with Crippen LogP contribution in [0.25, 0.3) is 0 Å². The lowest BCUT2D eigenvalue weighted by molar-refractivity contribution is -0.133. The van der Waals surface area contributed by atoms with Crippen LogP contribution in [0.15, 0.2) is 24.5 Å². The van der Waals surface area contributed by atoms with E-state index in [2.05, 4.69) is 18.8 Å². The van der Waals surface area contributed by atoms with Crippen molar-refractivity contribution in [2.24, 2.45) is 0 Å². The number of carbonyl (C=O) groups excluding carboxylic acids is 1. The largest absolute Gasteiger partial charge is 0.336 e. The first kappa shape index (κ1) is 15.0. The predicted molar refractivity (Wildman–Crippen MR) is 77.5 cm³/mol. The van der Waals surface area contributed by atoms with Crippen LogP contribution in [0, 0.1) is 0 Å². The molecule has 1 aromatic rings. The van der Waals surface area contributed by atoms with Crippen molar-refractivity contribution in [3.8, 4) is 0 Å². The quantitative estimate of drug-likeness (QED) is 0.760. The molecule has 0 aliphatic heterocycles. The predicted octanol–water partition coefficient (Wildman–Crippen LogP) is 2.96. The van der Waals surface area contributed by atoms with E-state index in [1.807, 2.05) is 23.3 Å². The fourth-order valence-corrected chi connectivity index (χ4v) is 2.11. The molecule has 0 unspecified atom stereocenters. The van der Waals surface area contributed by atoms with E-state index in [-0.39, 0.29) is 11.9 Å². The highest BCUT2D eigenvalue weighted by atomic mass is 32.2. The Balaban J connectivity index is 2.69. The zero-order chi connectivity index (χ0) is 13.4. The Bertz CT molecular complexity index is 356. The second-order valence-electron chi connectivity index (χ2n) is 4.38. The summed E-state index contributed by atoms with van der Waals surface area (Å²) in [6.45, 7) is 4.91. The lowest BCUT2D eigenvalue weighted by atomic mass is 10.1. The average Bonchev–Trinajstić information content (AvgIpc) is 2.42. The second-order valence-corrected chi connectivity index (χ2v) is 5.36. The molecule has 4 heteroatoms. The second kappa shape index (κ2) is 8.14. The Labute approximate surface area is 114 Å². The van der Waals surface area contributed by atoms with Gasteiger partial charge < -0.3 is 4.90 Å². The number of aromatic nitrogens is 1. The summed E-state index contributed by atoms with van der Waals surface area (Å²) in [7, 11) is 0. The van der Waals surface area contributed by atoms with Gasteiger partial charge in [0.25, 0.3) is 0 Å². The first-order valence-electron chi connectivity index (χ1n) is 6.36. The summed E-state index contributed by atoms with van der Waals surface area (Å²) in [5.41, 5.74) is 1.14. The summed E-state index contributed by atoms with van der Waals surface area (Å²) in [6, 6.07) is 4.22. The lowest BCUT2D eigenvalue weighted by Crippen LogP contribution is -2.37. The van der Waals surface area contributed by atoms with Gasteiger partial charge in [0, 0.05) is 37.2 Å². The summed E-state index contributed by atoms with van der Waals surface area (Å²) >= 11 is 1.72. The van der Waals surface area contributed by atoms with E-state index in [4.69, 9.17) is 0 Å². The lowest BCUT2D eigenvalue weighted by Gasteiger charge is -2.28. The molecule has 1 amide bonds. The van der Waals surface area contributed by atoms with Crippen molar-refractivity contribution in [2.45, 2.75) is 39.3 Å². The van der Waals surface area contributed by atoms with E-state index in [1.165, 1.54) is 0 Å². The third kappa shape index (κ3) is 4.69. The molecule has 0 fully saturated rings. The molecule has 18 heavy (non-hydrogen) atoms. The van der Waals surface area contributed by atoms with Crippen molar-refractivity contribution < 1.29 is 4.79 Å². The smallest absolute Gasteiger partial charge is 0.223 e. The Morgan fingerprint density at radius 1 is 1.44 bits per heavy atom. The maximum atomic E-state index is 12.2. The molecule has 1 heterocycles. The fraction of sp³-hybridized carbons (Fsp3) is 0.571. The zero-order valence-electron chi connectivity index (χ0n) is 11.4. The molecule has 1 aromatic heterocycles. The molecule has 0 aliphatic carbocycles. The van der Waals surface area contributed by atoms with Gasteiger partial charge in [-0.3, -0.25) is 9.78 Å². The highest BCUT2D eigenvalue weighted by molar-refractivity contribution is 7.98. The van der Waals surface area contributed by atoms with Gasteiger partial charge in [-0.05, 0) is 37.3 Å². The minimum absolute atomic E-state index is 0.246. The van der Waals surface area contributed by atoms with Gasteiger partial charge in [0.2, 0.25) is 5.91 Å². The van der Waals surface area contributed by atoms with Gasteiger partial charge in [0.1, 0.15) is 0 Å². The van der Waals surface area contributed by atoms with Crippen LogP contribution in [0.3, 0.4) is 0 Å². The summed E-state index contributed by atoms with van der Waals surface area (Å²) in [5.74, 6) is 1.14. The monoisotopic (exact) mass is 266 g/mol. The van der Waals surface area contributed by atoms with E-state index in [0.717, 1.165) is 17.7 Å². The number of hydrogen-bond acceptors (Lipinski definition) is 3. The zero-order valence-corrected chi connectivity index (χ0v) is 12.2. The van der Waals surface area contributed by atoms with Gasteiger partial charge in [-0.25, -0.2) is 0 Å². The molecule has 0 saturated heterocycles. The molecule has 0 aliphatic rings. The maximum absolute atomic E-state index is 12.2. The van der Waals surface area contributed by atoms with Gasteiger partial charge >= 0.3 is 0 Å². The van der Waals surface area contributed by atoms with Gasteiger partial charge in [-0.2, -0.15) is 11.8 Å². The molecule has 0 saturated carbocycles. The minimum Gasteiger partial charge on any atom is -0.336 e. The summed E-state index contributed by atoms with van der Waals surface area (Å²) < 4.78 is 0. The number of hydrogen-bond donors (Lipinski definition) is 0. The third-order valence-electron chi connectivity index (χ3n) is 3.07. The van der Waals surface area contributed by atoms with E-state index < -0.39 is 0 Å². The van der Waals surface area contributed by atoms with Crippen LogP contribution in [0.5, 0.6) is 0 Å². The van der Waals surface area contributed by atoms with Crippen LogP contribution in [-0.4, -0.2) is 33.8 Å². The van der Waals surface area contributed by atoms with Crippen LogP contribution in [-0.2, 0) is 11.3 Å². The van der Waals surface area contributed by atoms with Gasteiger partial charge in [-0.15, -0.1) is 0 Å². The van der Waals surface area contributed by atoms with E-state index in [0.29, 0.717) is 13.0 Å². The number of nitrogens with zero attached hydrogens (tertiary/aromatic N) is 2. The number of pyridine rings is 1. The molecule has 0 N–H and O–H groups in total. The molecular formula is C14H22N2OS. The Kier molecular flexibility index (Phi) is 6.80. The van der Waals surface area contributed by atoms with Crippen LogP contribution in [0.1, 0.15) is 32.3 Å². The van der Waals surface area contributed by atoms with Crippen LogP contribution in [0.4, 0.5) is 0 Å². The molecule has 100 valence electrons. The van der Waals surface area contributed by atoms with Crippen molar-refractivity contribution in [1.82, 2.24) is 9.88 Å². The molecular weight excluding hydrogens is 244 g/mol. The average molecular weight is 266 g/mol. The van der Waals surface area contributed by atoms with Gasteiger partial charge in [0.05, 0.1) is 0 Å². The SMILES string of the molecule is CC[C@H](C)N(Cc1ccncc1)C(=O)CCSC. The van der Waals surface area contributed by atoms with E-state index in [9.17, 15) is 4.79 Å².